The molecule has 0 heterocycles. The van der Waals surface area contributed by atoms with Gasteiger partial charge in [-0.05, 0) is 65.9 Å². The molecule has 0 N–H and O–H groups in total. The smallest absolute Gasteiger partial charge is 0.0249 e. The molecule has 0 spiro atoms. The molecule has 0 bridgehead atoms. The molecule has 3 rings (SSSR count). The Morgan fingerprint density at radius 1 is 0.571 bits per heavy atom. The molecule has 0 radical (unpaired) electrons. The van der Waals surface area contributed by atoms with Crippen molar-refractivity contribution in [2.24, 2.45) is 0 Å². The first kappa shape index (κ1) is 19.5. The lowest BCUT2D eigenvalue weighted by molar-refractivity contribution is 0.795. The monoisotopic (exact) mass is 362 g/mol. The fraction of sp³-hybridized carbons (Fsp3) is 0.214. The van der Waals surface area contributed by atoms with Crippen molar-refractivity contribution in [2.75, 3.05) is 0 Å². The van der Waals surface area contributed by atoms with Gasteiger partial charge in [-0.25, -0.2) is 0 Å². The van der Waals surface area contributed by atoms with Crippen LogP contribution >= 0.6 is 0 Å². The Morgan fingerprint density at radius 3 is 1.54 bits per heavy atom. The number of rotatable bonds is 4. The molecular weight excluding hydrogens is 336 g/mol. The molecule has 28 heavy (non-hydrogen) atoms. The molecule has 0 amide bonds. The number of hydrogen-bond donors (Lipinski definition) is 0. The molecule has 0 aromatic heterocycles. The van der Waals surface area contributed by atoms with E-state index in [2.05, 4.69) is 86.1 Å². The highest BCUT2D eigenvalue weighted by atomic mass is 14.0. The largest absolute Gasteiger partial charge is 0.0982 e. The van der Waals surface area contributed by atoms with Crippen molar-refractivity contribution < 1.29 is 0 Å². The lowest BCUT2D eigenvalue weighted by Crippen LogP contribution is -1.85. The minimum absolute atomic E-state index is 0.876. The first-order valence-corrected chi connectivity index (χ1v) is 10.1. The molecule has 0 atom stereocenters. The lowest BCUT2D eigenvalue weighted by atomic mass is 10.0. The van der Waals surface area contributed by atoms with Gasteiger partial charge in [0.1, 0.15) is 0 Å². The molecule has 138 valence electrons. The number of unbranched alkanes of at least 4 members (excludes halogenated alkanes) is 1. The predicted octanol–water partition coefficient (Wildman–Crippen LogP) is 6.86. The van der Waals surface area contributed by atoms with Crippen molar-refractivity contribution in [3.05, 3.63) is 95.1 Å². The molecule has 0 heteroatoms. The third-order valence-corrected chi connectivity index (χ3v) is 4.64. The van der Waals surface area contributed by atoms with Crippen molar-refractivity contribution in [1.82, 2.24) is 0 Å². The van der Waals surface area contributed by atoms with Crippen molar-refractivity contribution in [3.8, 4) is 34.8 Å². The fourth-order valence-electron chi connectivity index (χ4n) is 2.96. The standard InChI is InChI=1S/C28H26/c1-3-5-7-23-9-11-25(12-10-23)13-14-26-17-21-28(22-18-26)27-19-15-24(16-20-27)8-6-4-2/h9-12,15-22H,3-4,6,8H2,1-2H3. The SMILES string of the molecule is CCC#Cc1ccc(C#Cc2ccc(-c3ccc(CCCC)cc3)cc2)cc1. The third kappa shape index (κ3) is 5.64. The van der Waals surface area contributed by atoms with Gasteiger partial charge < -0.3 is 0 Å². The molecular formula is C28H26. The maximum Gasteiger partial charge on any atom is 0.0249 e. The van der Waals surface area contributed by atoms with Gasteiger partial charge in [0.05, 0.1) is 0 Å². The van der Waals surface area contributed by atoms with Crippen LogP contribution in [-0.2, 0) is 6.42 Å². The van der Waals surface area contributed by atoms with E-state index in [9.17, 15) is 0 Å². The number of aryl methyl sites for hydroxylation is 1. The summed E-state index contributed by atoms with van der Waals surface area (Å²) in [5.41, 5.74) is 6.97. The summed E-state index contributed by atoms with van der Waals surface area (Å²) in [5, 5.41) is 0. The van der Waals surface area contributed by atoms with Gasteiger partial charge in [-0.1, -0.05) is 80.3 Å². The second-order valence-corrected chi connectivity index (χ2v) is 6.86. The summed E-state index contributed by atoms with van der Waals surface area (Å²) in [6.07, 6.45) is 4.53. The van der Waals surface area contributed by atoms with Crippen LogP contribution in [0.4, 0.5) is 0 Å². The minimum Gasteiger partial charge on any atom is -0.0982 e. The van der Waals surface area contributed by atoms with Crippen molar-refractivity contribution in [3.63, 3.8) is 0 Å². The Bertz CT molecular complexity index is 996. The van der Waals surface area contributed by atoms with Gasteiger partial charge in [0.2, 0.25) is 0 Å². The van der Waals surface area contributed by atoms with Crippen LogP contribution in [-0.4, -0.2) is 0 Å². The summed E-state index contributed by atoms with van der Waals surface area (Å²) in [6.45, 7) is 4.29. The van der Waals surface area contributed by atoms with Crippen LogP contribution in [0, 0.1) is 23.7 Å². The predicted molar refractivity (Wildman–Crippen MR) is 120 cm³/mol. The molecule has 0 nitrogen and oxygen atoms in total. The van der Waals surface area contributed by atoms with Gasteiger partial charge in [0.15, 0.2) is 0 Å². The summed E-state index contributed by atoms with van der Waals surface area (Å²) in [4.78, 5) is 0. The van der Waals surface area contributed by atoms with Crippen LogP contribution in [0.1, 0.15) is 55.4 Å². The fourth-order valence-corrected chi connectivity index (χ4v) is 2.96. The summed E-state index contributed by atoms with van der Waals surface area (Å²) < 4.78 is 0. The zero-order valence-corrected chi connectivity index (χ0v) is 16.8. The molecule has 0 fully saturated rings. The molecule has 0 aliphatic rings. The van der Waals surface area contributed by atoms with Crippen molar-refractivity contribution in [2.45, 2.75) is 39.5 Å². The minimum atomic E-state index is 0.876. The van der Waals surface area contributed by atoms with Gasteiger partial charge >= 0.3 is 0 Å². The normalized spacial score (nSPS) is 9.79. The Balaban J connectivity index is 1.67. The van der Waals surface area contributed by atoms with E-state index in [4.69, 9.17) is 0 Å². The van der Waals surface area contributed by atoms with Crippen molar-refractivity contribution in [1.29, 1.82) is 0 Å². The van der Waals surface area contributed by atoms with E-state index >= 15 is 0 Å². The molecule has 0 saturated carbocycles. The third-order valence-electron chi connectivity index (χ3n) is 4.64. The Morgan fingerprint density at radius 2 is 1.04 bits per heavy atom. The van der Waals surface area contributed by atoms with Crippen LogP contribution in [0.15, 0.2) is 72.8 Å². The second kappa shape index (κ2) is 10.2. The molecule has 0 saturated heterocycles. The van der Waals surface area contributed by atoms with Crippen LogP contribution in [0.5, 0.6) is 0 Å². The Labute approximate surface area is 169 Å². The van der Waals surface area contributed by atoms with Crippen molar-refractivity contribution >= 4 is 0 Å². The van der Waals surface area contributed by atoms with E-state index in [0.29, 0.717) is 0 Å². The highest BCUT2D eigenvalue weighted by Crippen LogP contribution is 2.21. The average molecular weight is 363 g/mol. The quantitative estimate of drug-likeness (QED) is 0.445. The molecule has 3 aromatic carbocycles. The van der Waals surface area contributed by atoms with E-state index < -0.39 is 0 Å². The van der Waals surface area contributed by atoms with Gasteiger partial charge in [0, 0.05) is 23.1 Å². The zero-order chi connectivity index (χ0) is 19.6. The zero-order valence-electron chi connectivity index (χ0n) is 16.8. The van der Waals surface area contributed by atoms with Crippen LogP contribution < -0.4 is 0 Å². The van der Waals surface area contributed by atoms with E-state index in [0.717, 1.165) is 29.5 Å². The Hall–Kier alpha value is -3.22. The number of benzene rings is 3. The molecule has 0 aliphatic heterocycles. The van der Waals surface area contributed by atoms with E-state index in [1.165, 1.54) is 29.5 Å². The second-order valence-electron chi connectivity index (χ2n) is 6.86. The summed E-state index contributed by atoms with van der Waals surface area (Å²) in [5.74, 6) is 12.7. The topological polar surface area (TPSA) is 0 Å². The maximum absolute atomic E-state index is 3.25. The first-order chi connectivity index (χ1) is 13.8. The van der Waals surface area contributed by atoms with Gasteiger partial charge in [-0.3, -0.25) is 0 Å². The summed E-state index contributed by atoms with van der Waals surface area (Å²) in [7, 11) is 0. The van der Waals surface area contributed by atoms with E-state index in [1.54, 1.807) is 0 Å². The Kier molecular flexibility index (Phi) is 7.12. The van der Waals surface area contributed by atoms with E-state index in [-0.39, 0.29) is 0 Å². The molecule has 3 aromatic rings. The van der Waals surface area contributed by atoms with Crippen LogP contribution in [0.2, 0.25) is 0 Å². The summed E-state index contributed by atoms with van der Waals surface area (Å²) >= 11 is 0. The lowest BCUT2D eigenvalue weighted by Gasteiger charge is -2.04. The molecule has 0 unspecified atom stereocenters. The highest BCUT2D eigenvalue weighted by Gasteiger charge is 1.99. The molecule has 0 aliphatic carbocycles. The highest BCUT2D eigenvalue weighted by molar-refractivity contribution is 5.64. The maximum atomic E-state index is 3.25. The summed E-state index contributed by atoms with van der Waals surface area (Å²) in [6, 6.07) is 25.5. The van der Waals surface area contributed by atoms with Gasteiger partial charge in [0.25, 0.3) is 0 Å². The average Bonchev–Trinajstić information content (AvgIpc) is 2.76. The van der Waals surface area contributed by atoms with Crippen LogP contribution in [0.3, 0.4) is 0 Å². The number of hydrogen-bond acceptors (Lipinski definition) is 0. The van der Waals surface area contributed by atoms with Gasteiger partial charge in [-0.15, -0.1) is 0 Å². The van der Waals surface area contributed by atoms with E-state index in [1.807, 2.05) is 24.3 Å². The van der Waals surface area contributed by atoms with Gasteiger partial charge in [-0.2, -0.15) is 0 Å². The first-order valence-electron chi connectivity index (χ1n) is 10.1. The van der Waals surface area contributed by atoms with Crippen LogP contribution in [0.25, 0.3) is 11.1 Å².